The van der Waals surface area contributed by atoms with Gasteiger partial charge in [-0.1, -0.05) is 42.3 Å². The van der Waals surface area contributed by atoms with Gasteiger partial charge in [0, 0.05) is 23.0 Å². The Morgan fingerprint density at radius 1 is 1.15 bits per heavy atom. The van der Waals surface area contributed by atoms with Gasteiger partial charge in [0.05, 0.1) is 16.1 Å². The molecule has 34 heavy (non-hydrogen) atoms. The zero-order chi connectivity index (χ0) is 24.4. The number of amides is 2. The minimum Gasteiger partial charge on any atom is -0.330 e. The molecule has 2 amide bonds. The molecule has 2 atom stereocenters. The number of rotatable bonds is 6. The minimum atomic E-state index is -0.321. The number of nitrogens with zero attached hydrogens (tertiary/aromatic N) is 2. The molecule has 1 aliphatic rings. The molecule has 3 aromatic rings. The molecular weight excluding hydrogens is 494 g/mol. The van der Waals surface area contributed by atoms with E-state index in [9.17, 15) is 14.0 Å². The Kier molecular flexibility index (Phi) is 7.60. The molecule has 0 spiro atoms. The van der Waals surface area contributed by atoms with Gasteiger partial charge in [-0.3, -0.25) is 9.59 Å². The lowest BCUT2D eigenvalue weighted by Crippen LogP contribution is -2.49. The number of hydrogen-bond acceptors (Lipinski definition) is 3. The van der Waals surface area contributed by atoms with Crippen LogP contribution in [0.25, 0.3) is 0 Å². The highest BCUT2D eigenvalue weighted by Crippen LogP contribution is 2.38. The SMILES string of the molecule is CC[C@@H](C)N(CC(=O)N1CCc2sccc2[C@@H]1c1ccc(F)cc1)C(=O)c1ccc(Cl)c(Cl)c1. The van der Waals surface area contributed by atoms with Crippen LogP contribution >= 0.6 is 34.5 Å². The summed E-state index contributed by atoms with van der Waals surface area (Å²) in [4.78, 5) is 31.7. The van der Waals surface area contributed by atoms with Crippen molar-refractivity contribution in [2.75, 3.05) is 13.1 Å². The van der Waals surface area contributed by atoms with Crippen LogP contribution in [0.4, 0.5) is 4.39 Å². The zero-order valence-corrected chi connectivity index (χ0v) is 21.3. The van der Waals surface area contributed by atoms with Crippen LogP contribution in [0.1, 0.15) is 52.7 Å². The highest BCUT2D eigenvalue weighted by atomic mass is 35.5. The average molecular weight is 519 g/mol. The highest BCUT2D eigenvalue weighted by molar-refractivity contribution is 7.10. The van der Waals surface area contributed by atoms with E-state index < -0.39 is 0 Å². The molecule has 4 rings (SSSR count). The van der Waals surface area contributed by atoms with E-state index in [0.29, 0.717) is 28.6 Å². The Morgan fingerprint density at radius 2 is 1.88 bits per heavy atom. The van der Waals surface area contributed by atoms with Crippen molar-refractivity contribution in [3.8, 4) is 0 Å². The van der Waals surface area contributed by atoms with Crippen molar-refractivity contribution in [2.45, 2.75) is 38.8 Å². The summed E-state index contributed by atoms with van der Waals surface area (Å²) in [5.74, 6) is -0.745. The molecule has 8 heteroatoms. The number of hydrogen-bond donors (Lipinski definition) is 0. The standard InChI is InChI=1S/C26H25Cl2FN2O2S/c1-3-16(2)31(26(33)18-6-9-21(27)22(28)14-18)15-24(32)30-12-10-23-20(11-13-34-23)25(30)17-4-7-19(29)8-5-17/h4-9,11,13-14,16,25H,3,10,12,15H2,1-2H3/t16-,25+/m1/s1. The number of carbonyl (C=O) groups is 2. The van der Waals surface area contributed by atoms with Crippen molar-refractivity contribution >= 4 is 46.4 Å². The zero-order valence-electron chi connectivity index (χ0n) is 18.9. The lowest BCUT2D eigenvalue weighted by Gasteiger charge is -2.38. The average Bonchev–Trinajstić information content (AvgIpc) is 3.32. The molecule has 4 nitrogen and oxygen atoms in total. The van der Waals surface area contributed by atoms with Crippen LogP contribution in [0.2, 0.25) is 10.0 Å². The minimum absolute atomic E-state index is 0.0642. The number of fused-ring (bicyclic) bond motifs is 1. The summed E-state index contributed by atoms with van der Waals surface area (Å²) >= 11 is 13.8. The summed E-state index contributed by atoms with van der Waals surface area (Å²) in [6.07, 6.45) is 1.44. The van der Waals surface area contributed by atoms with E-state index in [1.807, 2.05) is 25.3 Å². The van der Waals surface area contributed by atoms with Gasteiger partial charge >= 0.3 is 0 Å². The fourth-order valence-electron chi connectivity index (χ4n) is 4.27. The van der Waals surface area contributed by atoms with Gasteiger partial charge in [0.25, 0.3) is 5.91 Å². The van der Waals surface area contributed by atoms with E-state index in [4.69, 9.17) is 23.2 Å². The highest BCUT2D eigenvalue weighted by Gasteiger charge is 2.35. The second-order valence-corrected chi connectivity index (χ2v) is 10.2. The van der Waals surface area contributed by atoms with Crippen molar-refractivity contribution in [1.82, 2.24) is 9.80 Å². The quantitative estimate of drug-likeness (QED) is 0.368. The van der Waals surface area contributed by atoms with E-state index in [1.54, 1.807) is 45.4 Å². The van der Waals surface area contributed by atoms with Crippen molar-refractivity contribution in [3.05, 3.63) is 91.3 Å². The van der Waals surface area contributed by atoms with Crippen LogP contribution in [-0.2, 0) is 11.2 Å². The van der Waals surface area contributed by atoms with E-state index in [1.165, 1.54) is 23.1 Å². The van der Waals surface area contributed by atoms with Crippen LogP contribution in [-0.4, -0.2) is 40.7 Å². The van der Waals surface area contributed by atoms with Gasteiger partial charge in [0.2, 0.25) is 5.91 Å². The van der Waals surface area contributed by atoms with Crippen molar-refractivity contribution in [3.63, 3.8) is 0 Å². The topological polar surface area (TPSA) is 40.6 Å². The van der Waals surface area contributed by atoms with Gasteiger partial charge < -0.3 is 9.80 Å². The maximum Gasteiger partial charge on any atom is 0.254 e. The third-order valence-corrected chi connectivity index (χ3v) is 8.06. The second-order valence-electron chi connectivity index (χ2n) is 8.41. The monoisotopic (exact) mass is 518 g/mol. The lowest BCUT2D eigenvalue weighted by molar-refractivity contribution is -0.134. The maximum atomic E-state index is 13.7. The van der Waals surface area contributed by atoms with Crippen molar-refractivity contribution < 1.29 is 14.0 Å². The van der Waals surface area contributed by atoms with E-state index in [-0.39, 0.29) is 36.3 Å². The smallest absolute Gasteiger partial charge is 0.254 e. The molecule has 0 saturated heterocycles. The Morgan fingerprint density at radius 3 is 2.56 bits per heavy atom. The largest absolute Gasteiger partial charge is 0.330 e. The Balaban J connectivity index is 1.64. The van der Waals surface area contributed by atoms with Gasteiger partial charge in [-0.15, -0.1) is 11.3 Å². The van der Waals surface area contributed by atoms with Crippen LogP contribution in [0.3, 0.4) is 0 Å². The molecule has 0 fully saturated rings. The molecule has 2 heterocycles. The van der Waals surface area contributed by atoms with Crippen LogP contribution in [0, 0.1) is 5.82 Å². The van der Waals surface area contributed by atoms with Gasteiger partial charge in [0.15, 0.2) is 0 Å². The molecule has 2 aromatic carbocycles. The summed E-state index contributed by atoms with van der Waals surface area (Å²) < 4.78 is 13.6. The first kappa shape index (κ1) is 24.7. The number of halogens is 3. The number of thiophene rings is 1. The van der Waals surface area contributed by atoms with E-state index in [0.717, 1.165) is 17.5 Å². The second kappa shape index (κ2) is 10.5. The van der Waals surface area contributed by atoms with Crippen LogP contribution in [0.5, 0.6) is 0 Å². The molecule has 0 radical (unpaired) electrons. The van der Waals surface area contributed by atoms with E-state index >= 15 is 0 Å². The first-order valence-corrected chi connectivity index (χ1v) is 12.8. The summed E-state index contributed by atoms with van der Waals surface area (Å²) in [5, 5.41) is 2.68. The molecule has 0 aliphatic carbocycles. The number of carbonyl (C=O) groups excluding carboxylic acids is 2. The van der Waals surface area contributed by atoms with Gasteiger partial charge in [-0.2, -0.15) is 0 Å². The molecule has 0 saturated carbocycles. The molecule has 0 N–H and O–H groups in total. The number of benzene rings is 2. The van der Waals surface area contributed by atoms with Gasteiger partial charge in [0.1, 0.15) is 12.4 Å². The molecular formula is C26H25Cl2FN2O2S. The van der Waals surface area contributed by atoms with Gasteiger partial charge in [-0.25, -0.2) is 4.39 Å². The van der Waals surface area contributed by atoms with Gasteiger partial charge in [-0.05, 0) is 72.7 Å². The Bertz CT molecular complexity index is 1200. The third-order valence-electron chi connectivity index (χ3n) is 6.33. The predicted octanol–water partition coefficient (Wildman–Crippen LogP) is 6.61. The molecule has 1 aliphatic heterocycles. The molecule has 0 bridgehead atoms. The summed E-state index contributed by atoms with van der Waals surface area (Å²) in [7, 11) is 0. The van der Waals surface area contributed by atoms with Crippen molar-refractivity contribution in [2.24, 2.45) is 0 Å². The maximum absolute atomic E-state index is 13.7. The predicted molar refractivity (Wildman–Crippen MR) is 135 cm³/mol. The fraction of sp³-hybridized carbons (Fsp3) is 0.308. The third kappa shape index (κ3) is 4.99. The van der Waals surface area contributed by atoms with Crippen molar-refractivity contribution in [1.29, 1.82) is 0 Å². The summed E-state index contributed by atoms with van der Waals surface area (Å²) in [6.45, 7) is 4.37. The first-order chi connectivity index (χ1) is 16.3. The van der Waals surface area contributed by atoms with Crippen LogP contribution in [0.15, 0.2) is 53.9 Å². The fourth-order valence-corrected chi connectivity index (χ4v) is 5.47. The molecule has 1 aromatic heterocycles. The Labute approximate surface area is 212 Å². The normalized spacial score (nSPS) is 16.1. The molecule has 178 valence electrons. The summed E-state index contributed by atoms with van der Waals surface area (Å²) in [5.41, 5.74) is 2.29. The lowest BCUT2D eigenvalue weighted by atomic mass is 9.93. The molecule has 0 unspecified atom stereocenters. The van der Waals surface area contributed by atoms with E-state index in [2.05, 4.69) is 0 Å². The van der Waals surface area contributed by atoms with Crippen LogP contribution < -0.4 is 0 Å². The first-order valence-electron chi connectivity index (χ1n) is 11.2. The Hall–Kier alpha value is -2.41. The summed E-state index contributed by atoms with van der Waals surface area (Å²) in [6, 6.07) is 12.6.